The van der Waals surface area contributed by atoms with Crippen LogP contribution in [-0.4, -0.2) is 43.3 Å². The molecule has 0 radical (unpaired) electrons. The van der Waals surface area contributed by atoms with Crippen molar-refractivity contribution >= 4 is 12.1 Å². The van der Waals surface area contributed by atoms with Crippen LogP contribution < -0.4 is 0 Å². The lowest BCUT2D eigenvalue weighted by Gasteiger charge is -2.30. The second-order valence-electron chi connectivity index (χ2n) is 6.31. The van der Waals surface area contributed by atoms with E-state index in [2.05, 4.69) is 13.8 Å². The molecule has 0 saturated carbocycles. The van der Waals surface area contributed by atoms with Gasteiger partial charge < -0.3 is 14.4 Å². The molecule has 0 aromatic rings. The number of rotatable bonds is 10. The third kappa shape index (κ3) is 8.24. The normalized spacial score (nSPS) is 15.5. The lowest BCUT2D eigenvalue weighted by Crippen LogP contribution is -2.41. The van der Waals surface area contributed by atoms with Crippen LogP contribution in [0.2, 0.25) is 0 Å². The predicted octanol–water partition coefficient (Wildman–Crippen LogP) is 4.15. The zero-order valence-corrected chi connectivity index (χ0v) is 14.8. The van der Waals surface area contributed by atoms with Gasteiger partial charge in [-0.3, -0.25) is 4.79 Å². The molecule has 0 unspecified atom stereocenters. The highest BCUT2D eigenvalue weighted by molar-refractivity contribution is 5.73. The molecule has 1 saturated heterocycles. The number of hydrogen-bond acceptors (Lipinski definition) is 4. The molecule has 1 amide bonds. The van der Waals surface area contributed by atoms with Gasteiger partial charge in [0.1, 0.15) is 0 Å². The summed E-state index contributed by atoms with van der Waals surface area (Å²) < 4.78 is 10.6. The Kier molecular flexibility index (Phi) is 10.5. The minimum atomic E-state index is -0.249. The zero-order valence-electron chi connectivity index (χ0n) is 14.8. The first kappa shape index (κ1) is 19.8. The van der Waals surface area contributed by atoms with Crippen LogP contribution in [0.4, 0.5) is 4.79 Å². The Morgan fingerprint density at radius 1 is 0.870 bits per heavy atom. The molecule has 0 spiro atoms. The number of carbonyl (C=O) groups excluding carboxylic acids is 2. The summed E-state index contributed by atoms with van der Waals surface area (Å²) in [5, 5.41) is 0. The summed E-state index contributed by atoms with van der Waals surface area (Å²) in [4.78, 5) is 25.6. The van der Waals surface area contributed by atoms with Gasteiger partial charge >= 0.3 is 12.1 Å². The number of amides is 1. The fourth-order valence-electron chi connectivity index (χ4n) is 2.69. The van der Waals surface area contributed by atoms with Gasteiger partial charge in [-0.1, -0.05) is 46.0 Å². The molecule has 1 aliphatic heterocycles. The van der Waals surface area contributed by atoms with Gasteiger partial charge in [0.2, 0.25) is 0 Å². The van der Waals surface area contributed by atoms with Crippen LogP contribution in [0.5, 0.6) is 0 Å². The van der Waals surface area contributed by atoms with E-state index < -0.39 is 0 Å². The van der Waals surface area contributed by atoms with E-state index in [1.807, 2.05) is 0 Å². The van der Waals surface area contributed by atoms with E-state index in [0.717, 1.165) is 25.7 Å². The summed E-state index contributed by atoms with van der Waals surface area (Å²) in [6, 6.07) is 0. The van der Waals surface area contributed by atoms with Crippen molar-refractivity contribution in [3.8, 4) is 0 Å². The second kappa shape index (κ2) is 12.2. The van der Waals surface area contributed by atoms with Crippen LogP contribution in [0.15, 0.2) is 0 Å². The van der Waals surface area contributed by atoms with Crippen molar-refractivity contribution in [3.63, 3.8) is 0 Å². The molecule has 23 heavy (non-hydrogen) atoms. The smallest absolute Gasteiger partial charge is 0.409 e. The topological polar surface area (TPSA) is 55.8 Å². The molecular weight excluding hydrogens is 294 g/mol. The van der Waals surface area contributed by atoms with Crippen LogP contribution in [0.3, 0.4) is 0 Å². The highest BCUT2D eigenvalue weighted by Crippen LogP contribution is 2.19. The molecule has 1 rings (SSSR count). The SMILES string of the molecule is CCCCCCCOC(=O)C1CCN(C(=O)OCCCC)CC1. The second-order valence-corrected chi connectivity index (χ2v) is 6.31. The Balaban J connectivity index is 2.12. The lowest BCUT2D eigenvalue weighted by atomic mass is 9.97. The van der Waals surface area contributed by atoms with Crippen LogP contribution in [0, 0.1) is 5.92 Å². The molecular formula is C18H33NO4. The van der Waals surface area contributed by atoms with Crippen LogP contribution in [0.1, 0.15) is 71.6 Å². The average molecular weight is 327 g/mol. The molecule has 5 heteroatoms. The number of nitrogens with zero attached hydrogens (tertiary/aromatic N) is 1. The summed E-state index contributed by atoms with van der Waals surface area (Å²) in [6.45, 7) is 6.43. The third-order valence-corrected chi connectivity index (χ3v) is 4.30. The number of ether oxygens (including phenoxy) is 2. The monoisotopic (exact) mass is 327 g/mol. The molecule has 0 atom stereocenters. The Hall–Kier alpha value is -1.26. The van der Waals surface area contributed by atoms with Gasteiger partial charge in [-0.05, 0) is 25.7 Å². The summed E-state index contributed by atoms with van der Waals surface area (Å²) in [7, 11) is 0. The Bertz CT molecular complexity index is 338. The number of hydrogen-bond donors (Lipinski definition) is 0. The van der Waals surface area contributed by atoms with E-state index >= 15 is 0 Å². The molecule has 0 bridgehead atoms. The van der Waals surface area contributed by atoms with Crippen molar-refractivity contribution in [1.29, 1.82) is 0 Å². The molecule has 5 nitrogen and oxygen atoms in total. The first-order valence-corrected chi connectivity index (χ1v) is 9.27. The van der Waals surface area contributed by atoms with E-state index in [-0.39, 0.29) is 18.0 Å². The van der Waals surface area contributed by atoms with E-state index in [1.165, 1.54) is 19.3 Å². The molecule has 0 aromatic carbocycles. The third-order valence-electron chi connectivity index (χ3n) is 4.30. The summed E-state index contributed by atoms with van der Waals surface area (Å²) in [5.74, 6) is -0.162. The maximum atomic E-state index is 12.0. The maximum Gasteiger partial charge on any atom is 0.409 e. The standard InChI is InChI=1S/C18H33NO4/c1-3-5-7-8-9-15-22-17(20)16-10-12-19(13-11-16)18(21)23-14-6-4-2/h16H,3-15H2,1-2H3. The highest BCUT2D eigenvalue weighted by atomic mass is 16.6. The summed E-state index contributed by atoms with van der Waals surface area (Å²) in [6.07, 6.45) is 8.78. The molecule has 134 valence electrons. The lowest BCUT2D eigenvalue weighted by molar-refractivity contribution is -0.150. The number of carbonyl (C=O) groups is 2. The fraction of sp³-hybridized carbons (Fsp3) is 0.889. The first-order chi connectivity index (χ1) is 11.2. The highest BCUT2D eigenvalue weighted by Gasteiger charge is 2.28. The molecule has 1 fully saturated rings. The zero-order chi connectivity index (χ0) is 16.9. The van der Waals surface area contributed by atoms with Gasteiger partial charge in [0.25, 0.3) is 0 Å². The number of esters is 1. The van der Waals surface area contributed by atoms with E-state index in [0.29, 0.717) is 39.1 Å². The van der Waals surface area contributed by atoms with E-state index in [4.69, 9.17) is 9.47 Å². The van der Waals surface area contributed by atoms with E-state index in [9.17, 15) is 9.59 Å². The maximum absolute atomic E-state index is 12.0. The molecule has 0 N–H and O–H groups in total. The Labute approximate surface area is 140 Å². The van der Waals surface area contributed by atoms with Gasteiger partial charge in [-0.15, -0.1) is 0 Å². The molecule has 0 aromatic heterocycles. The number of unbranched alkanes of at least 4 members (excludes halogenated alkanes) is 5. The number of piperidine rings is 1. The van der Waals surface area contributed by atoms with Gasteiger partial charge in [-0.25, -0.2) is 4.79 Å². The van der Waals surface area contributed by atoms with Gasteiger partial charge in [-0.2, -0.15) is 0 Å². The molecule has 1 aliphatic rings. The fourth-order valence-corrected chi connectivity index (χ4v) is 2.69. The van der Waals surface area contributed by atoms with Crippen molar-refractivity contribution in [2.24, 2.45) is 5.92 Å². The first-order valence-electron chi connectivity index (χ1n) is 9.27. The Morgan fingerprint density at radius 2 is 1.48 bits per heavy atom. The predicted molar refractivity (Wildman–Crippen MR) is 90.3 cm³/mol. The average Bonchev–Trinajstić information content (AvgIpc) is 2.58. The van der Waals surface area contributed by atoms with Crippen molar-refractivity contribution in [1.82, 2.24) is 4.90 Å². The van der Waals surface area contributed by atoms with Crippen LogP contribution in [0.25, 0.3) is 0 Å². The minimum absolute atomic E-state index is 0.0645. The van der Waals surface area contributed by atoms with E-state index in [1.54, 1.807) is 4.90 Å². The van der Waals surface area contributed by atoms with Gasteiger partial charge in [0.05, 0.1) is 19.1 Å². The van der Waals surface area contributed by atoms with Crippen LogP contribution in [-0.2, 0) is 14.3 Å². The van der Waals surface area contributed by atoms with Gasteiger partial charge in [0, 0.05) is 13.1 Å². The van der Waals surface area contributed by atoms with Crippen molar-refractivity contribution in [2.75, 3.05) is 26.3 Å². The largest absolute Gasteiger partial charge is 0.465 e. The summed E-state index contributed by atoms with van der Waals surface area (Å²) in [5.41, 5.74) is 0. The minimum Gasteiger partial charge on any atom is -0.465 e. The van der Waals surface area contributed by atoms with Crippen molar-refractivity contribution < 1.29 is 19.1 Å². The molecule has 1 heterocycles. The number of likely N-dealkylation sites (tertiary alicyclic amines) is 1. The summed E-state index contributed by atoms with van der Waals surface area (Å²) >= 11 is 0. The quantitative estimate of drug-likeness (QED) is 0.447. The molecule has 0 aliphatic carbocycles. The van der Waals surface area contributed by atoms with Crippen molar-refractivity contribution in [2.45, 2.75) is 71.6 Å². The van der Waals surface area contributed by atoms with Crippen LogP contribution >= 0.6 is 0 Å². The van der Waals surface area contributed by atoms with Crippen molar-refractivity contribution in [3.05, 3.63) is 0 Å². The van der Waals surface area contributed by atoms with Gasteiger partial charge in [0.15, 0.2) is 0 Å². The Morgan fingerprint density at radius 3 is 2.13 bits per heavy atom.